The van der Waals surface area contributed by atoms with Crippen molar-refractivity contribution < 1.29 is 22.4 Å². The van der Waals surface area contributed by atoms with Gasteiger partial charge in [-0.05, 0) is 55.3 Å². The summed E-state index contributed by atoms with van der Waals surface area (Å²) in [7, 11) is 0. The molecule has 1 unspecified atom stereocenters. The van der Waals surface area contributed by atoms with Crippen LogP contribution in [-0.4, -0.2) is 10.9 Å². The summed E-state index contributed by atoms with van der Waals surface area (Å²) in [6, 6.07) is 21.1. The van der Waals surface area contributed by atoms with E-state index in [4.69, 9.17) is 4.42 Å². The molecule has 7 heteroatoms. The largest absolute Gasteiger partial charge is 0.466 e. The van der Waals surface area contributed by atoms with Gasteiger partial charge in [-0.2, -0.15) is 13.2 Å². The van der Waals surface area contributed by atoms with E-state index < -0.39 is 23.2 Å². The Kier molecular flexibility index (Phi) is 6.28. The van der Waals surface area contributed by atoms with Gasteiger partial charge in [0.2, 0.25) is 0 Å². The van der Waals surface area contributed by atoms with Crippen molar-refractivity contribution in [1.82, 2.24) is 10.3 Å². The average Bonchev–Trinajstić information content (AvgIpc) is 3.17. The molecular formula is C27H23F3N2O2. The minimum Gasteiger partial charge on any atom is -0.466 e. The fraction of sp³-hybridized carbons (Fsp3) is 0.185. The number of rotatable bonds is 6. The van der Waals surface area contributed by atoms with Gasteiger partial charge in [-0.25, -0.2) is 0 Å². The predicted octanol–water partition coefficient (Wildman–Crippen LogP) is 6.23. The number of furan rings is 1. The number of nitrogens with zero attached hydrogens (tertiary/aromatic N) is 1. The Labute approximate surface area is 195 Å². The van der Waals surface area contributed by atoms with E-state index in [1.165, 1.54) is 6.07 Å². The molecule has 0 fully saturated rings. The van der Waals surface area contributed by atoms with Crippen LogP contribution < -0.4 is 5.32 Å². The molecule has 174 valence electrons. The zero-order chi connectivity index (χ0) is 24.3. The lowest BCUT2D eigenvalue weighted by atomic mass is 9.79. The summed E-state index contributed by atoms with van der Waals surface area (Å²) in [6.07, 6.45) is -2.79. The molecule has 2 heterocycles. The summed E-state index contributed by atoms with van der Waals surface area (Å²) >= 11 is 0. The van der Waals surface area contributed by atoms with Crippen molar-refractivity contribution in [1.29, 1.82) is 0 Å². The van der Waals surface area contributed by atoms with Gasteiger partial charge < -0.3 is 9.73 Å². The molecule has 0 spiro atoms. The number of pyridine rings is 1. The lowest BCUT2D eigenvalue weighted by Crippen LogP contribution is -2.49. The van der Waals surface area contributed by atoms with Crippen LogP contribution in [0.2, 0.25) is 0 Å². The van der Waals surface area contributed by atoms with Crippen LogP contribution in [0, 0.1) is 13.8 Å². The third kappa shape index (κ3) is 4.73. The highest BCUT2D eigenvalue weighted by Crippen LogP contribution is 2.37. The number of nitrogens with one attached hydrogen (secondary N) is 1. The monoisotopic (exact) mass is 464 g/mol. The molecule has 0 radical (unpaired) electrons. The Morgan fingerprint density at radius 3 is 2.24 bits per heavy atom. The number of carbonyl (C=O) groups excluding carboxylic acids is 1. The van der Waals surface area contributed by atoms with Crippen LogP contribution in [0.1, 0.15) is 44.3 Å². The standard InChI is InChI=1S/C27H23F3N2O2/c1-18-15-23(19(2)34-18)25(33)32-26(24-13-6-7-14-31-24,17-20-9-4-3-5-10-20)21-11-8-12-22(16-21)27(28,29)30/h3-16H,17H2,1-2H3,(H,32,33). The highest BCUT2D eigenvalue weighted by molar-refractivity contribution is 5.96. The van der Waals surface area contributed by atoms with Crippen LogP contribution >= 0.6 is 0 Å². The summed E-state index contributed by atoms with van der Waals surface area (Å²) in [5.41, 5.74) is -0.342. The zero-order valence-corrected chi connectivity index (χ0v) is 18.7. The number of benzene rings is 2. The highest BCUT2D eigenvalue weighted by atomic mass is 19.4. The molecule has 4 aromatic rings. The molecule has 0 saturated carbocycles. The van der Waals surface area contributed by atoms with Crippen molar-refractivity contribution in [3.05, 3.63) is 125 Å². The lowest BCUT2D eigenvalue weighted by Gasteiger charge is -2.35. The van der Waals surface area contributed by atoms with E-state index >= 15 is 0 Å². The smallest absolute Gasteiger partial charge is 0.416 e. The molecule has 0 aliphatic heterocycles. The minimum absolute atomic E-state index is 0.188. The number of carbonyl (C=O) groups is 1. The van der Waals surface area contributed by atoms with Crippen molar-refractivity contribution in [2.24, 2.45) is 0 Å². The number of hydrogen-bond acceptors (Lipinski definition) is 3. The third-order valence-corrected chi connectivity index (χ3v) is 5.71. The Bertz CT molecular complexity index is 1280. The molecule has 1 amide bonds. The Morgan fingerprint density at radius 1 is 0.912 bits per heavy atom. The first-order valence-corrected chi connectivity index (χ1v) is 10.7. The van der Waals surface area contributed by atoms with E-state index in [-0.39, 0.29) is 12.0 Å². The maximum absolute atomic E-state index is 13.7. The quantitative estimate of drug-likeness (QED) is 0.368. The van der Waals surface area contributed by atoms with Gasteiger partial charge in [-0.3, -0.25) is 9.78 Å². The fourth-order valence-electron chi connectivity index (χ4n) is 4.12. The van der Waals surface area contributed by atoms with Gasteiger partial charge >= 0.3 is 6.18 Å². The van der Waals surface area contributed by atoms with Crippen molar-refractivity contribution in [3.8, 4) is 0 Å². The maximum Gasteiger partial charge on any atom is 0.416 e. The van der Waals surface area contributed by atoms with E-state index in [1.807, 2.05) is 30.3 Å². The van der Waals surface area contributed by atoms with Crippen molar-refractivity contribution in [2.75, 3.05) is 0 Å². The highest BCUT2D eigenvalue weighted by Gasteiger charge is 2.40. The van der Waals surface area contributed by atoms with Gasteiger partial charge in [0.25, 0.3) is 5.91 Å². The average molecular weight is 464 g/mol. The number of alkyl halides is 3. The number of aryl methyl sites for hydroxylation is 2. The van der Waals surface area contributed by atoms with Crippen LogP contribution in [0.5, 0.6) is 0 Å². The molecule has 34 heavy (non-hydrogen) atoms. The van der Waals surface area contributed by atoms with E-state index in [0.717, 1.165) is 17.7 Å². The Balaban J connectivity index is 1.94. The number of aromatic nitrogens is 1. The Morgan fingerprint density at radius 2 is 1.62 bits per heavy atom. The molecule has 2 aromatic heterocycles. The van der Waals surface area contributed by atoms with Gasteiger partial charge in [-0.15, -0.1) is 0 Å². The molecule has 0 saturated heterocycles. The van der Waals surface area contributed by atoms with Crippen molar-refractivity contribution in [3.63, 3.8) is 0 Å². The fourth-order valence-corrected chi connectivity index (χ4v) is 4.12. The summed E-state index contributed by atoms with van der Waals surface area (Å²) in [5, 5.41) is 3.03. The molecule has 4 nitrogen and oxygen atoms in total. The van der Waals surface area contributed by atoms with Crippen LogP contribution in [0.25, 0.3) is 0 Å². The summed E-state index contributed by atoms with van der Waals surface area (Å²) in [5.74, 6) is 0.523. The zero-order valence-electron chi connectivity index (χ0n) is 18.7. The number of hydrogen-bond donors (Lipinski definition) is 1. The molecule has 4 rings (SSSR count). The summed E-state index contributed by atoms with van der Waals surface area (Å²) in [6.45, 7) is 3.40. The second-order valence-corrected chi connectivity index (χ2v) is 8.14. The van der Waals surface area contributed by atoms with Gasteiger partial charge in [0.05, 0.1) is 16.8 Å². The maximum atomic E-state index is 13.7. The predicted molar refractivity (Wildman–Crippen MR) is 122 cm³/mol. The first kappa shape index (κ1) is 23.3. The van der Waals surface area contributed by atoms with Crippen LogP contribution in [0.3, 0.4) is 0 Å². The second kappa shape index (κ2) is 9.17. The first-order valence-electron chi connectivity index (χ1n) is 10.7. The summed E-state index contributed by atoms with van der Waals surface area (Å²) < 4.78 is 46.5. The van der Waals surface area contributed by atoms with Gasteiger partial charge in [0.1, 0.15) is 17.1 Å². The Hall–Kier alpha value is -3.87. The molecule has 1 atom stereocenters. The second-order valence-electron chi connectivity index (χ2n) is 8.14. The van der Waals surface area contributed by atoms with Crippen molar-refractivity contribution >= 4 is 5.91 Å². The van der Waals surface area contributed by atoms with Crippen LogP contribution in [-0.2, 0) is 18.1 Å². The van der Waals surface area contributed by atoms with E-state index in [1.54, 1.807) is 50.4 Å². The minimum atomic E-state index is -4.54. The van der Waals surface area contributed by atoms with Gasteiger partial charge in [0.15, 0.2) is 0 Å². The van der Waals surface area contributed by atoms with Crippen LogP contribution in [0.4, 0.5) is 13.2 Å². The lowest BCUT2D eigenvalue weighted by molar-refractivity contribution is -0.137. The molecular weight excluding hydrogens is 441 g/mol. The third-order valence-electron chi connectivity index (χ3n) is 5.71. The number of halogens is 3. The molecule has 1 N–H and O–H groups in total. The molecule has 0 aliphatic carbocycles. The SMILES string of the molecule is Cc1cc(C(=O)NC(Cc2ccccc2)(c2cccc(C(F)(F)F)c2)c2ccccn2)c(C)o1. The van der Waals surface area contributed by atoms with Crippen molar-refractivity contribution in [2.45, 2.75) is 32.0 Å². The van der Waals surface area contributed by atoms with Gasteiger partial charge in [0, 0.05) is 12.6 Å². The van der Waals surface area contributed by atoms with E-state index in [0.29, 0.717) is 22.8 Å². The van der Waals surface area contributed by atoms with E-state index in [9.17, 15) is 18.0 Å². The van der Waals surface area contributed by atoms with Gasteiger partial charge in [-0.1, -0.05) is 48.5 Å². The topological polar surface area (TPSA) is 55.1 Å². The normalized spacial score (nSPS) is 13.3. The first-order chi connectivity index (χ1) is 16.2. The summed E-state index contributed by atoms with van der Waals surface area (Å²) in [4.78, 5) is 18.0. The number of amides is 1. The molecule has 2 aromatic carbocycles. The van der Waals surface area contributed by atoms with E-state index in [2.05, 4.69) is 10.3 Å². The van der Waals surface area contributed by atoms with Crippen LogP contribution in [0.15, 0.2) is 89.5 Å². The molecule has 0 bridgehead atoms. The molecule has 0 aliphatic rings.